The van der Waals surface area contributed by atoms with E-state index in [1.54, 1.807) is 0 Å². The number of carbonyl (C=O) groups is 1. The summed E-state index contributed by atoms with van der Waals surface area (Å²) < 4.78 is 0. The summed E-state index contributed by atoms with van der Waals surface area (Å²) in [5.74, 6) is 0.191. The second-order valence-corrected chi connectivity index (χ2v) is 7.89. The van der Waals surface area contributed by atoms with Crippen LogP contribution in [0.4, 0.5) is 5.69 Å². The molecule has 140 valence electrons. The van der Waals surface area contributed by atoms with Gasteiger partial charge in [0, 0.05) is 40.9 Å². The minimum Gasteiger partial charge on any atom is -0.358 e. The predicted molar refractivity (Wildman–Crippen MR) is 117 cm³/mol. The fourth-order valence-electron chi connectivity index (χ4n) is 5.04. The van der Waals surface area contributed by atoms with Crippen molar-refractivity contribution >= 4 is 33.1 Å². The molecule has 0 bridgehead atoms. The molecule has 3 heteroatoms. The van der Waals surface area contributed by atoms with E-state index in [-0.39, 0.29) is 11.7 Å². The van der Waals surface area contributed by atoms with Gasteiger partial charge in [0.05, 0.1) is 5.52 Å². The van der Waals surface area contributed by atoms with Gasteiger partial charge in [0.15, 0.2) is 5.78 Å². The molecular weight excluding hydrogens is 356 g/mol. The summed E-state index contributed by atoms with van der Waals surface area (Å²) in [6.45, 7) is 0. The van der Waals surface area contributed by atoms with Crippen molar-refractivity contribution in [1.29, 1.82) is 0 Å². The lowest BCUT2D eigenvalue weighted by Crippen LogP contribution is -2.27. The standard InChI is InChI=1S/C26H20N2O/c29-23-12-4-11-21-26(23)25(18-9-3-7-16-6-1-2-8-17(16)18)24-19-10-5-15-27-20(19)13-14-22(24)28-21/h1-3,5-10,13-15,25,28H,4,11-12H2/t25-/m1/s1. The van der Waals surface area contributed by atoms with Gasteiger partial charge in [-0.3, -0.25) is 9.78 Å². The molecule has 1 N–H and O–H groups in total. The predicted octanol–water partition coefficient (Wildman–Crippen LogP) is 5.95. The number of allylic oxidation sites excluding steroid dienone is 2. The van der Waals surface area contributed by atoms with E-state index in [1.165, 1.54) is 21.9 Å². The number of nitrogens with zero attached hydrogens (tertiary/aromatic N) is 1. The Morgan fingerprint density at radius 1 is 0.862 bits per heavy atom. The van der Waals surface area contributed by atoms with Crippen molar-refractivity contribution in [3.63, 3.8) is 0 Å². The number of nitrogens with one attached hydrogen (secondary N) is 1. The molecule has 0 saturated heterocycles. The summed E-state index contributed by atoms with van der Waals surface area (Å²) in [7, 11) is 0. The first-order valence-electron chi connectivity index (χ1n) is 10.2. The second kappa shape index (κ2) is 6.28. The SMILES string of the molecule is O=C1CCCC2=C1[C@H](c1cccc3ccccc13)c1c(ccc3ncccc13)N2. The third-order valence-corrected chi connectivity index (χ3v) is 6.28. The quantitative estimate of drug-likeness (QED) is 0.446. The Morgan fingerprint density at radius 2 is 1.72 bits per heavy atom. The Balaban J connectivity index is 1.73. The molecule has 0 spiro atoms. The van der Waals surface area contributed by atoms with Crippen molar-refractivity contribution in [2.24, 2.45) is 0 Å². The monoisotopic (exact) mass is 376 g/mol. The van der Waals surface area contributed by atoms with Crippen LogP contribution in [0.2, 0.25) is 0 Å². The molecule has 0 radical (unpaired) electrons. The van der Waals surface area contributed by atoms with Gasteiger partial charge in [0.2, 0.25) is 0 Å². The lowest BCUT2D eigenvalue weighted by molar-refractivity contribution is -0.116. The third-order valence-electron chi connectivity index (χ3n) is 6.28. The largest absolute Gasteiger partial charge is 0.358 e. The van der Waals surface area contributed by atoms with Crippen molar-refractivity contribution in [1.82, 2.24) is 4.98 Å². The molecule has 2 heterocycles. The van der Waals surface area contributed by atoms with Gasteiger partial charge in [0.25, 0.3) is 0 Å². The van der Waals surface area contributed by atoms with E-state index in [1.807, 2.05) is 12.3 Å². The zero-order chi connectivity index (χ0) is 19.4. The van der Waals surface area contributed by atoms with Crippen molar-refractivity contribution in [2.45, 2.75) is 25.2 Å². The topological polar surface area (TPSA) is 42.0 Å². The number of rotatable bonds is 1. The highest BCUT2D eigenvalue weighted by molar-refractivity contribution is 6.05. The van der Waals surface area contributed by atoms with Crippen LogP contribution >= 0.6 is 0 Å². The minimum atomic E-state index is -0.0759. The first-order valence-corrected chi connectivity index (χ1v) is 10.2. The smallest absolute Gasteiger partial charge is 0.161 e. The average Bonchev–Trinajstić information content (AvgIpc) is 2.77. The van der Waals surface area contributed by atoms with Gasteiger partial charge in [-0.05, 0) is 52.9 Å². The number of pyridine rings is 1. The normalized spacial score (nSPS) is 18.5. The van der Waals surface area contributed by atoms with Crippen LogP contribution in [0.5, 0.6) is 0 Å². The van der Waals surface area contributed by atoms with Gasteiger partial charge in [0.1, 0.15) is 0 Å². The Morgan fingerprint density at radius 3 is 2.69 bits per heavy atom. The highest BCUT2D eigenvalue weighted by Gasteiger charge is 2.36. The molecule has 3 aromatic carbocycles. The number of ketones is 1. The van der Waals surface area contributed by atoms with E-state index >= 15 is 0 Å². The Hall–Kier alpha value is -3.46. The number of benzene rings is 3. The van der Waals surface area contributed by atoms with Gasteiger partial charge in [-0.2, -0.15) is 0 Å². The zero-order valence-corrected chi connectivity index (χ0v) is 16.0. The van der Waals surface area contributed by atoms with E-state index in [0.29, 0.717) is 6.42 Å². The summed E-state index contributed by atoms with van der Waals surface area (Å²) in [4.78, 5) is 17.8. The van der Waals surface area contributed by atoms with Crippen LogP contribution in [-0.2, 0) is 4.79 Å². The van der Waals surface area contributed by atoms with Gasteiger partial charge < -0.3 is 5.32 Å². The van der Waals surface area contributed by atoms with Crippen LogP contribution in [0.15, 0.2) is 84.2 Å². The van der Waals surface area contributed by atoms with Crippen LogP contribution in [-0.4, -0.2) is 10.8 Å². The first-order chi connectivity index (χ1) is 14.3. The first kappa shape index (κ1) is 16.5. The molecule has 3 nitrogen and oxygen atoms in total. The molecule has 1 aromatic heterocycles. The van der Waals surface area contributed by atoms with E-state index in [4.69, 9.17) is 0 Å². The number of hydrogen-bond acceptors (Lipinski definition) is 3. The number of carbonyl (C=O) groups excluding carboxylic acids is 1. The van der Waals surface area contributed by atoms with Crippen molar-refractivity contribution in [3.05, 3.63) is 95.3 Å². The molecule has 29 heavy (non-hydrogen) atoms. The van der Waals surface area contributed by atoms with Crippen LogP contribution in [0, 0.1) is 0 Å². The third kappa shape index (κ3) is 2.44. The highest BCUT2D eigenvalue weighted by atomic mass is 16.1. The molecular formula is C26H20N2O. The molecule has 1 atom stereocenters. The van der Waals surface area contributed by atoms with E-state index in [9.17, 15) is 4.79 Å². The summed E-state index contributed by atoms with van der Waals surface area (Å²) in [5.41, 5.74) is 6.46. The fourth-order valence-corrected chi connectivity index (χ4v) is 5.04. The number of aromatic nitrogens is 1. The summed E-state index contributed by atoms with van der Waals surface area (Å²) in [5, 5.41) is 7.12. The Kier molecular flexibility index (Phi) is 3.57. The molecule has 0 amide bonds. The van der Waals surface area contributed by atoms with Crippen molar-refractivity contribution < 1.29 is 4.79 Å². The molecule has 0 fully saturated rings. The van der Waals surface area contributed by atoms with Crippen LogP contribution in [0.25, 0.3) is 21.7 Å². The summed E-state index contributed by atoms with van der Waals surface area (Å²) in [6, 6.07) is 23.2. The fraction of sp³-hybridized carbons (Fsp3) is 0.154. The molecule has 1 aliphatic heterocycles. The van der Waals surface area contributed by atoms with Gasteiger partial charge in [-0.1, -0.05) is 48.5 Å². The molecule has 1 aliphatic carbocycles. The molecule has 6 rings (SSSR count). The van der Waals surface area contributed by atoms with E-state index in [0.717, 1.165) is 40.7 Å². The molecule has 0 unspecified atom stereocenters. The maximum absolute atomic E-state index is 13.2. The lowest BCUT2D eigenvalue weighted by Gasteiger charge is -2.35. The molecule has 2 aliphatic rings. The van der Waals surface area contributed by atoms with E-state index in [2.05, 4.69) is 71.0 Å². The molecule has 0 saturated carbocycles. The number of Topliss-reactive ketones (excluding diaryl/α,β-unsaturated/α-hetero) is 1. The van der Waals surface area contributed by atoms with Crippen molar-refractivity contribution in [3.8, 4) is 0 Å². The Bertz CT molecular complexity index is 1330. The lowest BCUT2D eigenvalue weighted by atomic mass is 9.73. The highest BCUT2D eigenvalue weighted by Crippen LogP contribution is 2.49. The number of hydrogen-bond donors (Lipinski definition) is 1. The number of anilines is 1. The zero-order valence-electron chi connectivity index (χ0n) is 16.0. The summed E-state index contributed by atoms with van der Waals surface area (Å²) >= 11 is 0. The maximum atomic E-state index is 13.2. The second-order valence-electron chi connectivity index (χ2n) is 7.89. The Labute approximate surface area is 169 Å². The number of fused-ring (bicyclic) bond motifs is 4. The average molecular weight is 376 g/mol. The summed E-state index contributed by atoms with van der Waals surface area (Å²) in [6.07, 6.45) is 4.29. The van der Waals surface area contributed by atoms with Gasteiger partial charge in [-0.25, -0.2) is 0 Å². The van der Waals surface area contributed by atoms with Crippen molar-refractivity contribution in [2.75, 3.05) is 5.32 Å². The van der Waals surface area contributed by atoms with Crippen LogP contribution in [0.1, 0.15) is 36.3 Å². The van der Waals surface area contributed by atoms with Gasteiger partial charge in [-0.15, -0.1) is 0 Å². The van der Waals surface area contributed by atoms with Gasteiger partial charge >= 0.3 is 0 Å². The van der Waals surface area contributed by atoms with Crippen LogP contribution in [0.3, 0.4) is 0 Å². The minimum absolute atomic E-state index is 0.0759. The van der Waals surface area contributed by atoms with E-state index < -0.39 is 0 Å². The maximum Gasteiger partial charge on any atom is 0.161 e. The van der Waals surface area contributed by atoms with Crippen LogP contribution < -0.4 is 5.32 Å². The molecule has 4 aromatic rings.